The van der Waals surface area contributed by atoms with Crippen LogP contribution < -0.4 is 4.74 Å². The van der Waals surface area contributed by atoms with Crippen LogP contribution in [0.3, 0.4) is 0 Å². The van der Waals surface area contributed by atoms with E-state index in [9.17, 15) is 4.79 Å². The maximum absolute atomic E-state index is 10.2. The van der Waals surface area contributed by atoms with Crippen LogP contribution in [0.25, 0.3) is 6.08 Å². The van der Waals surface area contributed by atoms with Gasteiger partial charge in [-0.05, 0) is 25.1 Å². The zero-order valence-corrected chi connectivity index (χ0v) is 8.12. The van der Waals surface area contributed by atoms with E-state index < -0.39 is 0 Å². The van der Waals surface area contributed by atoms with Crippen molar-refractivity contribution in [2.75, 3.05) is 0 Å². The Labute approximate surface area is 82.6 Å². The number of hydrogen-bond acceptors (Lipinski definition) is 3. The molecule has 0 atom stereocenters. The Morgan fingerprint density at radius 2 is 2.23 bits per heavy atom. The molecule has 1 rings (SSSR count). The summed E-state index contributed by atoms with van der Waals surface area (Å²) in [6, 6.07) is 5.32. The third kappa shape index (κ3) is 2.63. The number of rotatable bonds is 3. The monoisotopic (exact) mass is 194 g/mol. The standard InChI is InChI=1S/C10H10O2S/c1-2-3-8-6-9(13)4-5-10(8)12-7-11/h2-7,13H,1H3/b3-2-. The number of carbonyl (C=O) groups is 1. The number of allylic oxidation sites excluding steroid dienone is 1. The van der Waals surface area contributed by atoms with E-state index in [2.05, 4.69) is 12.6 Å². The zero-order chi connectivity index (χ0) is 9.68. The minimum Gasteiger partial charge on any atom is -0.428 e. The summed E-state index contributed by atoms with van der Waals surface area (Å²) >= 11 is 4.18. The molecule has 0 heterocycles. The third-order valence-electron chi connectivity index (χ3n) is 1.51. The lowest BCUT2D eigenvalue weighted by atomic mass is 10.2. The molecular formula is C10H10O2S. The summed E-state index contributed by atoms with van der Waals surface area (Å²) in [5.74, 6) is 0.547. The van der Waals surface area contributed by atoms with E-state index in [4.69, 9.17) is 4.74 Å². The Kier molecular flexibility index (Phi) is 3.58. The highest BCUT2D eigenvalue weighted by Gasteiger charge is 1.99. The summed E-state index contributed by atoms with van der Waals surface area (Å²) < 4.78 is 4.78. The minimum absolute atomic E-state index is 0.417. The van der Waals surface area contributed by atoms with Crippen molar-refractivity contribution in [2.24, 2.45) is 0 Å². The topological polar surface area (TPSA) is 26.3 Å². The molecule has 1 aromatic carbocycles. The quantitative estimate of drug-likeness (QED) is 0.591. The summed E-state index contributed by atoms with van der Waals surface area (Å²) in [5.41, 5.74) is 0.849. The molecule has 0 aliphatic rings. The Hall–Kier alpha value is -1.22. The average Bonchev–Trinajstić information content (AvgIpc) is 2.10. The highest BCUT2D eigenvalue weighted by molar-refractivity contribution is 7.80. The van der Waals surface area contributed by atoms with Gasteiger partial charge >= 0.3 is 0 Å². The van der Waals surface area contributed by atoms with Crippen molar-refractivity contribution in [2.45, 2.75) is 11.8 Å². The van der Waals surface area contributed by atoms with Crippen molar-refractivity contribution in [1.29, 1.82) is 0 Å². The van der Waals surface area contributed by atoms with Crippen LogP contribution >= 0.6 is 12.6 Å². The van der Waals surface area contributed by atoms with Crippen molar-refractivity contribution in [3.05, 3.63) is 29.8 Å². The lowest BCUT2D eigenvalue weighted by molar-refractivity contribution is -0.120. The van der Waals surface area contributed by atoms with Crippen molar-refractivity contribution in [3.63, 3.8) is 0 Å². The molecule has 0 saturated carbocycles. The van der Waals surface area contributed by atoms with Gasteiger partial charge < -0.3 is 4.74 Å². The second kappa shape index (κ2) is 4.72. The van der Waals surface area contributed by atoms with Gasteiger partial charge in [0.05, 0.1) is 0 Å². The van der Waals surface area contributed by atoms with E-state index >= 15 is 0 Å². The number of ether oxygens (including phenoxy) is 1. The smallest absolute Gasteiger partial charge is 0.298 e. The lowest BCUT2D eigenvalue weighted by Crippen LogP contribution is -1.91. The Bertz CT molecular complexity index is 332. The van der Waals surface area contributed by atoms with Crippen LogP contribution in [0.2, 0.25) is 0 Å². The van der Waals surface area contributed by atoms with Gasteiger partial charge in [0, 0.05) is 10.5 Å². The first kappa shape index (κ1) is 9.86. The summed E-state index contributed by atoms with van der Waals surface area (Å²) in [6.45, 7) is 2.32. The largest absolute Gasteiger partial charge is 0.428 e. The van der Waals surface area contributed by atoms with E-state index in [0.717, 1.165) is 10.5 Å². The molecule has 68 valence electrons. The van der Waals surface area contributed by atoms with Crippen LogP contribution in [0.15, 0.2) is 29.2 Å². The summed E-state index contributed by atoms with van der Waals surface area (Å²) in [4.78, 5) is 11.0. The zero-order valence-electron chi connectivity index (χ0n) is 7.23. The third-order valence-corrected chi connectivity index (χ3v) is 1.79. The number of thiol groups is 1. The fourth-order valence-corrected chi connectivity index (χ4v) is 1.22. The molecule has 3 heteroatoms. The first-order valence-electron chi connectivity index (χ1n) is 3.84. The Morgan fingerprint density at radius 1 is 1.46 bits per heavy atom. The van der Waals surface area contributed by atoms with Crippen molar-refractivity contribution in [1.82, 2.24) is 0 Å². The van der Waals surface area contributed by atoms with E-state index in [0.29, 0.717) is 12.2 Å². The van der Waals surface area contributed by atoms with Crippen LogP contribution in [0.4, 0.5) is 0 Å². The molecule has 0 amide bonds. The predicted molar refractivity (Wildman–Crippen MR) is 55.1 cm³/mol. The van der Waals surface area contributed by atoms with Gasteiger partial charge in [-0.1, -0.05) is 12.2 Å². The predicted octanol–water partition coefficient (Wildman–Crippen LogP) is 2.54. The van der Waals surface area contributed by atoms with E-state index in [1.54, 1.807) is 12.1 Å². The number of hydrogen-bond donors (Lipinski definition) is 1. The molecule has 2 nitrogen and oxygen atoms in total. The van der Waals surface area contributed by atoms with Gasteiger partial charge in [0.15, 0.2) is 0 Å². The Balaban J connectivity index is 3.09. The molecule has 0 aliphatic carbocycles. The highest BCUT2D eigenvalue weighted by atomic mass is 32.1. The molecule has 0 aromatic heterocycles. The normalized spacial score (nSPS) is 10.3. The minimum atomic E-state index is 0.417. The summed E-state index contributed by atoms with van der Waals surface area (Å²) in [6.07, 6.45) is 3.73. The number of benzene rings is 1. The SMILES string of the molecule is C/C=C\c1cc(S)ccc1OC=O. The molecule has 0 bridgehead atoms. The van der Waals surface area contributed by atoms with Gasteiger partial charge in [-0.2, -0.15) is 0 Å². The maximum Gasteiger partial charge on any atom is 0.298 e. The van der Waals surface area contributed by atoms with Crippen LogP contribution in [0.1, 0.15) is 12.5 Å². The molecule has 0 aliphatic heterocycles. The van der Waals surface area contributed by atoms with E-state index in [-0.39, 0.29) is 0 Å². The lowest BCUT2D eigenvalue weighted by Gasteiger charge is -2.03. The fourth-order valence-electron chi connectivity index (χ4n) is 1.00. The maximum atomic E-state index is 10.2. The first-order valence-corrected chi connectivity index (χ1v) is 4.28. The van der Waals surface area contributed by atoms with Gasteiger partial charge in [-0.3, -0.25) is 4.79 Å². The summed E-state index contributed by atoms with van der Waals surface area (Å²) in [5, 5.41) is 0. The van der Waals surface area contributed by atoms with E-state index in [1.807, 2.05) is 25.1 Å². The van der Waals surface area contributed by atoms with Gasteiger partial charge in [-0.15, -0.1) is 12.6 Å². The van der Waals surface area contributed by atoms with Crippen LogP contribution in [0, 0.1) is 0 Å². The van der Waals surface area contributed by atoms with Gasteiger partial charge in [0.25, 0.3) is 6.47 Å². The van der Waals surface area contributed by atoms with Crippen LogP contribution in [-0.2, 0) is 4.79 Å². The average molecular weight is 194 g/mol. The fraction of sp³-hybridized carbons (Fsp3) is 0.100. The highest BCUT2D eigenvalue weighted by Crippen LogP contribution is 2.22. The van der Waals surface area contributed by atoms with Crippen LogP contribution in [-0.4, -0.2) is 6.47 Å². The molecule has 13 heavy (non-hydrogen) atoms. The van der Waals surface area contributed by atoms with Crippen molar-refractivity contribution >= 4 is 25.2 Å². The van der Waals surface area contributed by atoms with Crippen LogP contribution in [0.5, 0.6) is 5.75 Å². The molecular weight excluding hydrogens is 184 g/mol. The Morgan fingerprint density at radius 3 is 2.85 bits per heavy atom. The molecule has 0 spiro atoms. The molecule has 0 unspecified atom stereocenters. The van der Waals surface area contributed by atoms with Gasteiger partial charge in [0.1, 0.15) is 5.75 Å². The molecule has 0 fully saturated rings. The molecule has 0 N–H and O–H groups in total. The second-order valence-corrected chi connectivity index (χ2v) is 2.95. The van der Waals surface area contributed by atoms with E-state index in [1.165, 1.54) is 0 Å². The van der Waals surface area contributed by atoms with Gasteiger partial charge in [-0.25, -0.2) is 0 Å². The summed E-state index contributed by atoms with van der Waals surface area (Å²) in [7, 11) is 0. The number of carbonyl (C=O) groups excluding carboxylic acids is 1. The first-order chi connectivity index (χ1) is 6.27. The van der Waals surface area contributed by atoms with Crippen molar-refractivity contribution in [3.8, 4) is 5.75 Å². The van der Waals surface area contributed by atoms with Crippen molar-refractivity contribution < 1.29 is 9.53 Å². The second-order valence-electron chi connectivity index (χ2n) is 2.44. The molecule has 0 radical (unpaired) electrons. The van der Waals surface area contributed by atoms with Gasteiger partial charge in [0.2, 0.25) is 0 Å². The molecule has 0 saturated heterocycles. The molecule has 1 aromatic rings.